The van der Waals surface area contributed by atoms with E-state index >= 15 is 0 Å². The van der Waals surface area contributed by atoms with Gasteiger partial charge in [-0.2, -0.15) is 13.2 Å². The fourth-order valence-corrected chi connectivity index (χ4v) is 4.00. The number of benzene rings is 1. The Bertz CT molecular complexity index is 948. The van der Waals surface area contributed by atoms with Crippen LogP contribution < -0.4 is 9.64 Å². The number of alkyl halides is 3. The van der Waals surface area contributed by atoms with Gasteiger partial charge >= 0.3 is 12.1 Å². The lowest BCUT2D eigenvalue weighted by Crippen LogP contribution is -2.58. The van der Waals surface area contributed by atoms with Crippen molar-refractivity contribution < 1.29 is 27.8 Å². The molecule has 1 saturated heterocycles. The van der Waals surface area contributed by atoms with Gasteiger partial charge in [0, 0.05) is 37.9 Å². The van der Waals surface area contributed by atoms with E-state index in [1.165, 1.54) is 0 Å². The minimum atomic E-state index is -4.52. The summed E-state index contributed by atoms with van der Waals surface area (Å²) >= 11 is 6.16. The van der Waals surface area contributed by atoms with Crippen molar-refractivity contribution in [1.29, 1.82) is 0 Å². The Morgan fingerprint density at radius 3 is 2.56 bits per heavy atom. The van der Waals surface area contributed by atoms with E-state index in [4.69, 9.17) is 21.4 Å². The summed E-state index contributed by atoms with van der Waals surface area (Å²) in [7, 11) is 0. The van der Waals surface area contributed by atoms with Gasteiger partial charge < -0.3 is 14.7 Å². The summed E-state index contributed by atoms with van der Waals surface area (Å²) in [5.74, 6) is -0.457. The number of nitrogens with zero attached hydrogens (tertiary/aromatic N) is 4. The average molecular weight is 473 g/mol. The maximum atomic E-state index is 13.0. The quantitative estimate of drug-likeness (QED) is 0.657. The molecule has 11 heteroatoms. The van der Waals surface area contributed by atoms with Gasteiger partial charge in [0.15, 0.2) is 0 Å². The van der Waals surface area contributed by atoms with Crippen LogP contribution in [0.1, 0.15) is 25.1 Å². The number of hydrogen-bond donors (Lipinski definition) is 1. The van der Waals surface area contributed by atoms with Gasteiger partial charge in [0.1, 0.15) is 18.1 Å². The highest BCUT2D eigenvalue weighted by Gasteiger charge is 2.35. The van der Waals surface area contributed by atoms with Gasteiger partial charge in [-0.05, 0) is 37.6 Å². The third-order valence-electron chi connectivity index (χ3n) is 5.28. The van der Waals surface area contributed by atoms with E-state index in [-0.39, 0.29) is 24.5 Å². The smallest absolute Gasteiger partial charge is 0.433 e. The maximum Gasteiger partial charge on any atom is 0.433 e. The highest BCUT2D eigenvalue weighted by molar-refractivity contribution is 6.32. The molecule has 1 aromatic carbocycles. The van der Waals surface area contributed by atoms with Crippen molar-refractivity contribution >= 4 is 23.5 Å². The molecular formula is C21H24ClF3N4O3. The largest absolute Gasteiger partial charge is 0.491 e. The van der Waals surface area contributed by atoms with Crippen LogP contribution in [0.4, 0.5) is 19.1 Å². The predicted octanol–water partition coefficient (Wildman–Crippen LogP) is 3.75. The van der Waals surface area contributed by atoms with Gasteiger partial charge in [-0.25, -0.2) is 9.97 Å². The highest BCUT2D eigenvalue weighted by atomic mass is 35.5. The summed E-state index contributed by atoms with van der Waals surface area (Å²) in [6.07, 6.45) is -3.51. The van der Waals surface area contributed by atoms with Gasteiger partial charge in [-0.1, -0.05) is 17.7 Å². The van der Waals surface area contributed by atoms with E-state index < -0.39 is 17.8 Å². The molecule has 0 amide bonds. The summed E-state index contributed by atoms with van der Waals surface area (Å²) in [6.45, 7) is 5.80. The van der Waals surface area contributed by atoms with Crippen LogP contribution in [0, 0.1) is 0 Å². The molecule has 1 N–H and O–H groups in total. The summed E-state index contributed by atoms with van der Waals surface area (Å²) in [5, 5.41) is 9.34. The Morgan fingerprint density at radius 1 is 1.25 bits per heavy atom. The van der Waals surface area contributed by atoms with Gasteiger partial charge in [0.25, 0.3) is 0 Å². The van der Waals surface area contributed by atoms with Gasteiger partial charge in [-0.15, -0.1) is 0 Å². The number of aliphatic carboxylic acids is 1. The molecule has 0 bridgehead atoms. The average Bonchev–Trinajstić information content (AvgIpc) is 2.71. The molecule has 1 aliphatic rings. The second-order valence-electron chi connectivity index (χ2n) is 7.76. The number of halogens is 4. The van der Waals surface area contributed by atoms with Crippen LogP contribution in [0.5, 0.6) is 5.75 Å². The number of aromatic nitrogens is 2. The second kappa shape index (κ2) is 9.91. The molecule has 0 unspecified atom stereocenters. The zero-order valence-electron chi connectivity index (χ0n) is 17.6. The first-order chi connectivity index (χ1) is 15.0. The number of carbonyl (C=O) groups is 1. The lowest BCUT2D eigenvalue weighted by atomic mass is 10.1. The van der Waals surface area contributed by atoms with E-state index in [0.29, 0.717) is 42.6 Å². The molecule has 32 heavy (non-hydrogen) atoms. The first-order valence-electron chi connectivity index (χ1n) is 10.1. The Balaban J connectivity index is 1.60. The minimum absolute atomic E-state index is 0.0225. The Labute approximate surface area is 188 Å². The van der Waals surface area contributed by atoms with Crippen LogP contribution in [0.2, 0.25) is 5.02 Å². The zero-order valence-corrected chi connectivity index (χ0v) is 18.4. The van der Waals surface area contributed by atoms with Crippen molar-refractivity contribution in [2.24, 2.45) is 0 Å². The second-order valence-corrected chi connectivity index (χ2v) is 8.17. The number of anilines is 1. The molecule has 1 aliphatic heterocycles. The molecule has 2 aromatic rings. The van der Waals surface area contributed by atoms with Crippen LogP contribution >= 0.6 is 11.6 Å². The van der Waals surface area contributed by atoms with E-state index in [9.17, 15) is 18.0 Å². The third kappa shape index (κ3) is 6.01. The monoisotopic (exact) mass is 472 g/mol. The molecule has 7 nitrogen and oxygen atoms in total. The van der Waals surface area contributed by atoms with Gasteiger partial charge in [0.2, 0.25) is 5.95 Å². The SMILES string of the molecule is C[C@@H]1CN(c2nccc(C(F)(F)F)n2)C[C@H](C)N1CCOc1cc(CC(=O)O)ccc1Cl. The lowest BCUT2D eigenvalue weighted by molar-refractivity contribution is -0.141. The normalized spacial score (nSPS) is 19.8. The van der Waals surface area contributed by atoms with Crippen molar-refractivity contribution in [3.05, 3.63) is 46.7 Å². The van der Waals surface area contributed by atoms with Crippen LogP contribution in [-0.4, -0.2) is 64.3 Å². The number of hydrogen-bond acceptors (Lipinski definition) is 6. The van der Waals surface area contributed by atoms with Crippen molar-refractivity contribution in [1.82, 2.24) is 14.9 Å². The number of rotatable bonds is 7. The van der Waals surface area contributed by atoms with Crippen molar-refractivity contribution in [2.75, 3.05) is 31.1 Å². The van der Waals surface area contributed by atoms with Crippen LogP contribution in [0.25, 0.3) is 0 Å². The molecular weight excluding hydrogens is 449 g/mol. The van der Waals surface area contributed by atoms with Gasteiger partial charge in [-0.3, -0.25) is 9.69 Å². The molecule has 1 fully saturated rings. The Kier molecular flexibility index (Phi) is 7.45. The molecule has 0 saturated carbocycles. The number of ether oxygens (including phenoxy) is 1. The summed E-state index contributed by atoms with van der Waals surface area (Å²) in [6, 6.07) is 5.77. The maximum absolute atomic E-state index is 13.0. The van der Waals surface area contributed by atoms with E-state index in [1.807, 2.05) is 13.8 Å². The topological polar surface area (TPSA) is 78.8 Å². The molecule has 0 spiro atoms. The number of carboxylic acids is 1. The molecule has 0 radical (unpaired) electrons. The number of carboxylic acid groups (broad SMARTS) is 1. The molecule has 2 heterocycles. The third-order valence-corrected chi connectivity index (χ3v) is 5.59. The Hall–Kier alpha value is -2.59. The predicted molar refractivity (Wildman–Crippen MR) is 113 cm³/mol. The van der Waals surface area contributed by atoms with E-state index in [2.05, 4.69) is 14.9 Å². The van der Waals surface area contributed by atoms with Gasteiger partial charge in [0.05, 0.1) is 11.4 Å². The molecule has 2 atom stereocenters. The fourth-order valence-electron chi connectivity index (χ4n) is 3.82. The van der Waals surface area contributed by atoms with E-state index in [0.717, 1.165) is 12.3 Å². The highest BCUT2D eigenvalue weighted by Crippen LogP contribution is 2.29. The lowest BCUT2D eigenvalue weighted by Gasteiger charge is -2.44. The summed E-state index contributed by atoms with van der Waals surface area (Å²) < 4.78 is 44.7. The first kappa shape index (κ1) is 24.1. The van der Waals surface area contributed by atoms with E-state index in [1.54, 1.807) is 23.1 Å². The molecule has 0 aliphatic carbocycles. The molecule has 3 rings (SSSR count). The zero-order chi connectivity index (χ0) is 23.5. The summed E-state index contributed by atoms with van der Waals surface area (Å²) in [5.41, 5.74) is -0.367. The first-order valence-corrected chi connectivity index (χ1v) is 10.5. The molecule has 174 valence electrons. The summed E-state index contributed by atoms with van der Waals surface area (Å²) in [4.78, 5) is 22.6. The van der Waals surface area contributed by atoms with Crippen molar-refractivity contribution in [2.45, 2.75) is 38.5 Å². The van der Waals surface area contributed by atoms with Crippen molar-refractivity contribution in [3.63, 3.8) is 0 Å². The van der Waals surface area contributed by atoms with Crippen LogP contribution in [0.15, 0.2) is 30.5 Å². The van der Waals surface area contributed by atoms with Crippen LogP contribution in [-0.2, 0) is 17.4 Å². The fraction of sp³-hybridized carbons (Fsp3) is 0.476. The Morgan fingerprint density at radius 2 is 1.94 bits per heavy atom. The minimum Gasteiger partial charge on any atom is -0.491 e. The molecule has 1 aromatic heterocycles. The standard InChI is InChI=1S/C21H24ClF3N4O3/c1-13-11-28(20-26-6-5-18(27-20)21(23,24)25)12-14(2)29(13)7-8-32-17-9-15(10-19(30)31)3-4-16(17)22/h3-6,9,13-14H,7-8,10-12H2,1-2H3,(H,30,31)/t13-,14+. The number of piperazine rings is 1. The van der Waals surface area contributed by atoms with Crippen molar-refractivity contribution in [3.8, 4) is 5.75 Å². The van der Waals surface area contributed by atoms with Crippen LogP contribution in [0.3, 0.4) is 0 Å².